The summed E-state index contributed by atoms with van der Waals surface area (Å²) >= 11 is 0. The summed E-state index contributed by atoms with van der Waals surface area (Å²) in [6.07, 6.45) is 7.40. The van der Waals surface area contributed by atoms with Gasteiger partial charge in [0.15, 0.2) is 0 Å². The Bertz CT molecular complexity index is 731. The van der Waals surface area contributed by atoms with Crippen molar-refractivity contribution in [2.75, 3.05) is 26.2 Å². The first kappa shape index (κ1) is 17.1. The van der Waals surface area contributed by atoms with Crippen LogP contribution in [0.4, 0.5) is 0 Å². The molecule has 0 bridgehead atoms. The molecule has 1 atom stereocenters. The van der Waals surface area contributed by atoms with Gasteiger partial charge >= 0.3 is 0 Å². The number of piperidine rings is 1. The van der Waals surface area contributed by atoms with Crippen molar-refractivity contribution in [3.63, 3.8) is 0 Å². The van der Waals surface area contributed by atoms with E-state index in [1.807, 2.05) is 11.8 Å². The van der Waals surface area contributed by atoms with Gasteiger partial charge in [0.25, 0.3) is 0 Å². The van der Waals surface area contributed by atoms with Gasteiger partial charge in [-0.25, -0.2) is 8.42 Å². The van der Waals surface area contributed by atoms with Gasteiger partial charge < -0.3 is 4.90 Å². The van der Waals surface area contributed by atoms with Crippen molar-refractivity contribution >= 4 is 15.9 Å². The van der Waals surface area contributed by atoms with Crippen LogP contribution >= 0.6 is 0 Å². The Morgan fingerprint density at radius 2 is 2.17 bits per heavy atom. The third-order valence-electron chi connectivity index (χ3n) is 4.65. The predicted octanol–water partition coefficient (Wildman–Crippen LogP) is 1.66. The maximum Gasteiger partial charge on any atom is 0.244 e. The van der Waals surface area contributed by atoms with Gasteiger partial charge in [0, 0.05) is 38.6 Å². The quantitative estimate of drug-likeness (QED) is 0.778. The Morgan fingerprint density at radius 3 is 2.88 bits per heavy atom. The van der Waals surface area contributed by atoms with Gasteiger partial charge in [-0.05, 0) is 38.3 Å². The lowest BCUT2D eigenvalue weighted by Gasteiger charge is -2.35. The molecule has 3 rings (SSSR count). The van der Waals surface area contributed by atoms with E-state index in [1.165, 1.54) is 16.1 Å². The van der Waals surface area contributed by atoms with Crippen molar-refractivity contribution < 1.29 is 13.2 Å². The molecule has 1 fully saturated rings. The Kier molecular flexibility index (Phi) is 5.01. The minimum atomic E-state index is -3.58. The van der Waals surface area contributed by atoms with Crippen LogP contribution in [0.1, 0.15) is 26.2 Å². The fourth-order valence-electron chi connectivity index (χ4n) is 3.37. The van der Waals surface area contributed by atoms with Crippen LogP contribution in [0, 0.1) is 5.92 Å². The standard InChI is InChI=1S/C17H23N3O3S/c1-14-5-3-9-19(12-14)17(21)15-6-4-10-20(13-15)24(22,23)16-7-2-8-18-11-16/h2,5,7-8,11,15H,3-4,6,9-10,12-13H2,1H3. The summed E-state index contributed by atoms with van der Waals surface area (Å²) in [7, 11) is -3.58. The number of aromatic nitrogens is 1. The fourth-order valence-corrected chi connectivity index (χ4v) is 4.86. The van der Waals surface area contributed by atoms with Crippen molar-refractivity contribution in [3.05, 3.63) is 36.2 Å². The lowest BCUT2D eigenvalue weighted by molar-refractivity contribution is -0.136. The zero-order valence-electron chi connectivity index (χ0n) is 13.9. The highest BCUT2D eigenvalue weighted by atomic mass is 32.2. The predicted molar refractivity (Wildman–Crippen MR) is 90.7 cm³/mol. The van der Waals surface area contributed by atoms with Crippen molar-refractivity contribution in [2.45, 2.75) is 31.1 Å². The van der Waals surface area contributed by atoms with E-state index in [2.05, 4.69) is 11.1 Å². The molecule has 1 unspecified atom stereocenters. The highest BCUT2D eigenvalue weighted by Gasteiger charge is 2.35. The minimum absolute atomic E-state index is 0.0773. The zero-order chi connectivity index (χ0) is 17.2. The third-order valence-corrected chi connectivity index (χ3v) is 6.50. The number of nitrogens with zero attached hydrogens (tertiary/aromatic N) is 3. The summed E-state index contributed by atoms with van der Waals surface area (Å²) in [6.45, 7) is 4.13. The molecule has 0 aliphatic carbocycles. The third kappa shape index (κ3) is 3.52. The van der Waals surface area contributed by atoms with Gasteiger partial charge in [-0.3, -0.25) is 9.78 Å². The average Bonchev–Trinajstić information content (AvgIpc) is 2.62. The van der Waals surface area contributed by atoms with E-state index in [-0.39, 0.29) is 23.3 Å². The van der Waals surface area contributed by atoms with Gasteiger partial charge in [-0.2, -0.15) is 4.31 Å². The Balaban J connectivity index is 1.73. The molecule has 24 heavy (non-hydrogen) atoms. The number of sulfonamides is 1. The van der Waals surface area contributed by atoms with Crippen LogP contribution in [0.25, 0.3) is 0 Å². The molecule has 1 aromatic rings. The monoisotopic (exact) mass is 349 g/mol. The number of carbonyl (C=O) groups excluding carboxylic acids is 1. The molecular formula is C17H23N3O3S. The smallest absolute Gasteiger partial charge is 0.244 e. The minimum Gasteiger partial charge on any atom is -0.338 e. The van der Waals surface area contributed by atoms with Gasteiger partial charge in [0.05, 0.1) is 5.92 Å². The summed E-state index contributed by atoms with van der Waals surface area (Å²) in [5.41, 5.74) is 1.20. The molecule has 1 aromatic heterocycles. The largest absolute Gasteiger partial charge is 0.338 e. The summed E-state index contributed by atoms with van der Waals surface area (Å²) in [4.78, 5) is 18.7. The molecule has 2 aliphatic rings. The highest BCUT2D eigenvalue weighted by Crippen LogP contribution is 2.25. The van der Waals surface area contributed by atoms with Crippen molar-refractivity contribution in [1.29, 1.82) is 0 Å². The molecule has 7 heteroatoms. The number of rotatable bonds is 3. The fraction of sp³-hybridized carbons (Fsp3) is 0.529. The van der Waals surface area contributed by atoms with Gasteiger partial charge in [0.2, 0.25) is 15.9 Å². The van der Waals surface area contributed by atoms with Gasteiger partial charge in [-0.15, -0.1) is 0 Å². The van der Waals surface area contributed by atoms with E-state index >= 15 is 0 Å². The Hall–Kier alpha value is -1.73. The Morgan fingerprint density at radius 1 is 1.33 bits per heavy atom. The highest BCUT2D eigenvalue weighted by molar-refractivity contribution is 7.89. The summed E-state index contributed by atoms with van der Waals surface area (Å²) in [5, 5.41) is 0. The van der Waals surface area contributed by atoms with Crippen molar-refractivity contribution in [1.82, 2.24) is 14.2 Å². The van der Waals surface area contributed by atoms with Crippen LogP contribution in [0.2, 0.25) is 0 Å². The van der Waals surface area contributed by atoms with E-state index in [4.69, 9.17) is 0 Å². The number of pyridine rings is 1. The van der Waals surface area contributed by atoms with Crippen LogP contribution in [0.15, 0.2) is 41.1 Å². The number of carbonyl (C=O) groups is 1. The molecule has 0 spiro atoms. The van der Waals surface area contributed by atoms with Crippen LogP contribution < -0.4 is 0 Å². The normalized spacial score (nSPS) is 23.0. The van der Waals surface area contributed by atoms with Crippen molar-refractivity contribution in [2.24, 2.45) is 5.92 Å². The van der Waals surface area contributed by atoms with E-state index in [0.717, 1.165) is 19.4 Å². The number of hydrogen-bond acceptors (Lipinski definition) is 4. The van der Waals surface area contributed by atoms with Crippen LogP contribution in [-0.2, 0) is 14.8 Å². The van der Waals surface area contributed by atoms with E-state index in [1.54, 1.807) is 18.3 Å². The first-order valence-corrected chi connectivity index (χ1v) is 9.77. The van der Waals surface area contributed by atoms with Gasteiger partial charge in [-0.1, -0.05) is 11.6 Å². The lowest BCUT2D eigenvalue weighted by Crippen LogP contribution is -2.47. The van der Waals surface area contributed by atoms with Crippen molar-refractivity contribution in [3.8, 4) is 0 Å². The first-order chi connectivity index (χ1) is 11.5. The van der Waals surface area contributed by atoms with E-state index in [9.17, 15) is 13.2 Å². The molecule has 1 saturated heterocycles. The molecule has 2 aliphatic heterocycles. The summed E-state index contributed by atoms with van der Waals surface area (Å²) < 4.78 is 26.9. The number of amides is 1. The molecule has 1 amide bonds. The van der Waals surface area contributed by atoms with Crippen LogP contribution in [0.3, 0.4) is 0 Å². The zero-order valence-corrected chi connectivity index (χ0v) is 14.7. The molecule has 6 nitrogen and oxygen atoms in total. The van der Waals surface area contributed by atoms with Gasteiger partial charge in [0.1, 0.15) is 4.90 Å². The second-order valence-corrected chi connectivity index (χ2v) is 8.43. The average molecular weight is 349 g/mol. The molecule has 0 saturated carbocycles. The maximum absolute atomic E-state index is 12.8. The Labute approximate surface area is 143 Å². The van der Waals surface area contributed by atoms with Crippen LogP contribution in [0.5, 0.6) is 0 Å². The number of hydrogen-bond donors (Lipinski definition) is 0. The summed E-state index contributed by atoms with van der Waals surface area (Å²) in [6, 6.07) is 3.16. The molecule has 0 aromatic carbocycles. The maximum atomic E-state index is 12.8. The van der Waals surface area contributed by atoms with Crippen LogP contribution in [-0.4, -0.2) is 54.7 Å². The molecular weight excluding hydrogens is 326 g/mol. The molecule has 3 heterocycles. The topological polar surface area (TPSA) is 70.6 Å². The van der Waals surface area contributed by atoms with E-state index < -0.39 is 10.0 Å². The second kappa shape index (κ2) is 7.03. The molecule has 0 radical (unpaired) electrons. The van der Waals surface area contributed by atoms with E-state index in [0.29, 0.717) is 19.5 Å². The molecule has 0 N–H and O–H groups in total. The molecule has 130 valence electrons. The first-order valence-electron chi connectivity index (χ1n) is 8.33. The second-order valence-electron chi connectivity index (χ2n) is 6.49. The summed E-state index contributed by atoms with van der Waals surface area (Å²) in [5.74, 6) is -0.176. The SMILES string of the molecule is CC1=CCCN(C(=O)C2CCCN(S(=O)(=O)c3cccnc3)C2)C1. The lowest BCUT2D eigenvalue weighted by atomic mass is 9.97.